The van der Waals surface area contributed by atoms with Gasteiger partial charge in [-0.2, -0.15) is 0 Å². The van der Waals surface area contributed by atoms with Crippen LogP contribution >= 0.6 is 0 Å². The number of nitrogens with zero attached hydrogens (tertiary/aromatic N) is 1. The van der Waals surface area contributed by atoms with Crippen molar-refractivity contribution in [2.24, 2.45) is 0 Å². The van der Waals surface area contributed by atoms with Gasteiger partial charge in [-0.15, -0.1) is 0 Å². The Kier molecular flexibility index (Phi) is 6.76. The molecule has 1 heterocycles. The lowest BCUT2D eigenvalue weighted by molar-refractivity contribution is -0.120. The third-order valence-electron chi connectivity index (χ3n) is 4.01. The lowest BCUT2D eigenvalue weighted by Gasteiger charge is -2.05. The minimum atomic E-state index is -0.564. The van der Waals surface area contributed by atoms with Crippen LogP contribution in [0.15, 0.2) is 59.1 Å². The first-order valence-electron chi connectivity index (χ1n) is 9.02. The molecular weight excluding hydrogens is 374 g/mol. The highest BCUT2D eigenvalue weighted by molar-refractivity contribution is 5.92. The minimum Gasteiger partial charge on any atom is -0.491 e. The van der Waals surface area contributed by atoms with Gasteiger partial charge in [0, 0.05) is 24.3 Å². The summed E-state index contributed by atoms with van der Waals surface area (Å²) in [5.41, 5.74) is 2.55. The fourth-order valence-electron chi connectivity index (χ4n) is 2.56. The Morgan fingerprint density at radius 3 is 2.52 bits per heavy atom. The summed E-state index contributed by atoms with van der Waals surface area (Å²) in [6.45, 7) is 2.11. The second-order valence-electron chi connectivity index (χ2n) is 6.30. The van der Waals surface area contributed by atoms with E-state index >= 15 is 0 Å². The molecule has 7 nitrogen and oxygen atoms in total. The Hall–Kier alpha value is -3.45. The molecule has 0 saturated carbocycles. The van der Waals surface area contributed by atoms with E-state index in [1.165, 1.54) is 6.92 Å². The van der Waals surface area contributed by atoms with Crippen LogP contribution in [0.25, 0.3) is 22.6 Å². The van der Waals surface area contributed by atoms with Crippen LogP contribution in [0.5, 0.6) is 5.75 Å². The van der Waals surface area contributed by atoms with Gasteiger partial charge in [0.25, 0.3) is 0 Å². The molecule has 7 heteroatoms. The molecule has 0 saturated heterocycles. The molecule has 3 rings (SSSR count). The van der Waals surface area contributed by atoms with Crippen LogP contribution in [0, 0.1) is 0 Å². The van der Waals surface area contributed by atoms with Crippen molar-refractivity contribution >= 4 is 11.8 Å². The molecule has 0 N–H and O–H groups in total. The van der Waals surface area contributed by atoms with Crippen molar-refractivity contribution in [3.05, 3.63) is 60.2 Å². The van der Waals surface area contributed by atoms with Crippen LogP contribution in [-0.2, 0) is 14.3 Å². The van der Waals surface area contributed by atoms with E-state index in [-0.39, 0.29) is 12.4 Å². The second kappa shape index (κ2) is 9.66. The Labute approximate surface area is 168 Å². The fourth-order valence-corrected chi connectivity index (χ4v) is 2.56. The van der Waals surface area contributed by atoms with Crippen molar-refractivity contribution < 1.29 is 28.3 Å². The number of benzene rings is 2. The maximum Gasteiger partial charge on any atom is 0.338 e. The van der Waals surface area contributed by atoms with E-state index in [0.29, 0.717) is 35.8 Å². The fraction of sp³-hybridized carbons (Fsp3) is 0.227. The number of ether oxygens (including phenoxy) is 3. The number of methoxy groups -OCH3 is 1. The molecule has 150 valence electrons. The van der Waals surface area contributed by atoms with Gasteiger partial charge < -0.3 is 18.7 Å². The highest BCUT2D eigenvalue weighted by Crippen LogP contribution is 2.28. The quantitative estimate of drug-likeness (QED) is 0.402. The first-order chi connectivity index (χ1) is 14.1. The van der Waals surface area contributed by atoms with Crippen LogP contribution < -0.4 is 4.74 Å². The highest BCUT2D eigenvalue weighted by Gasteiger charge is 2.13. The summed E-state index contributed by atoms with van der Waals surface area (Å²) < 4.78 is 20.9. The normalized spacial score (nSPS) is 10.6. The molecule has 0 aliphatic rings. The van der Waals surface area contributed by atoms with E-state index in [1.54, 1.807) is 37.4 Å². The molecule has 0 radical (unpaired) electrons. The van der Waals surface area contributed by atoms with Crippen molar-refractivity contribution in [1.29, 1.82) is 0 Å². The zero-order valence-electron chi connectivity index (χ0n) is 16.2. The topological polar surface area (TPSA) is 87.9 Å². The van der Waals surface area contributed by atoms with Gasteiger partial charge >= 0.3 is 5.97 Å². The number of hydrogen-bond acceptors (Lipinski definition) is 7. The first kappa shape index (κ1) is 20.3. The van der Waals surface area contributed by atoms with Crippen molar-refractivity contribution in [2.75, 3.05) is 26.9 Å². The smallest absolute Gasteiger partial charge is 0.338 e. The number of rotatable bonds is 9. The molecule has 0 aliphatic heterocycles. The summed E-state index contributed by atoms with van der Waals surface area (Å²) in [4.78, 5) is 23.0. The Bertz CT molecular complexity index is 977. The maximum atomic E-state index is 12.0. The highest BCUT2D eigenvalue weighted by atomic mass is 16.5. The van der Waals surface area contributed by atoms with Gasteiger partial charge in [0.15, 0.2) is 11.5 Å². The summed E-state index contributed by atoms with van der Waals surface area (Å²) >= 11 is 0. The summed E-state index contributed by atoms with van der Waals surface area (Å²) in [6, 6.07) is 16.0. The van der Waals surface area contributed by atoms with E-state index in [9.17, 15) is 9.59 Å². The number of hydrogen-bond donors (Lipinski definition) is 0. The van der Waals surface area contributed by atoms with Gasteiger partial charge in [-0.05, 0) is 43.3 Å². The van der Waals surface area contributed by atoms with E-state index in [2.05, 4.69) is 5.16 Å². The average Bonchev–Trinajstić information content (AvgIpc) is 3.23. The molecule has 1 aromatic heterocycles. The van der Waals surface area contributed by atoms with Crippen LogP contribution in [0.2, 0.25) is 0 Å². The molecule has 0 fully saturated rings. The maximum absolute atomic E-state index is 12.0. The Morgan fingerprint density at radius 1 is 1.00 bits per heavy atom. The molecule has 2 aromatic carbocycles. The summed E-state index contributed by atoms with van der Waals surface area (Å²) in [6.07, 6.45) is 0. The van der Waals surface area contributed by atoms with Gasteiger partial charge in [0.1, 0.15) is 24.7 Å². The average molecular weight is 395 g/mol. The summed E-state index contributed by atoms with van der Waals surface area (Å²) in [5.74, 6) is 0.475. The second-order valence-corrected chi connectivity index (χ2v) is 6.30. The van der Waals surface area contributed by atoms with Crippen molar-refractivity contribution in [1.82, 2.24) is 5.16 Å². The standard InChI is InChI=1S/C22H21NO6/c1-15(24)14-28-22(25)18-5-3-4-17(12-18)21-13-20(23-29-21)16-6-8-19(9-7-16)27-11-10-26-2/h3-9,12-13H,10-11,14H2,1-2H3. The molecule has 0 unspecified atom stereocenters. The molecule has 3 aromatic rings. The SMILES string of the molecule is COCCOc1ccc(-c2cc(-c3cccc(C(=O)OCC(C)=O)c3)on2)cc1. The van der Waals surface area contributed by atoms with Gasteiger partial charge in [-0.3, -0.25) is 4.79 Å². The lowest BCUT2D eigenvalue weighted by Crippen LogP contribution is -2.11. The molecule has 0 amide bonds. The van der Waals surface area contributed by atoms with Crippen LogP contribution in [0.3, 0.4) is 0 Å². The number of carbonyl (C=O) groups excluding carboxylic acids is 2. The molecule has 0 bridgehead atoms. The molecule has 0 spiro atoms. The van der Waals surface area contributed by atoms with E-state index in [4.69, 9.17) is 18.7 Å². The largest absolute Gasteiger partial charge is 0.491 e. The predicted octanol–water partition coefficient (Wildman–Crippen LogP) is 3.78. The number of esters is 1. The predicted molar refractivity (Wildman–Crippen MR) is 106 cm³/mol. The zero-order chi connectivity index (χ0) is 20.6. The van der Waals surface area contributed by atoms with Crippen LogP contribution in [0.1, 0.15) is 17.3 Å². The van der Waals surface area contributed by atoms with E-state index < -0.39 is 5.97 Å². The molecule has 0 aliphatic carbocycles. The Balaban J connectivity index is 1.72. The van der Waals surface area contributed by atoms with Crippen molar-refractivity contribution in [3.63, 3.8) is 0 Å². The molecule has 0 atom stereocenters. The number of carbonyl (C=O) groups is 2. The summed E-state index contributed by atoms with van der Waals surface area (Å²) in [5, 5.41) is 4.11. The van der Waals surface area contributed by atoms with Gasteiger partial charge in [-0.1, -0.05) is 17.3 Å². The summed E-state index contributed by atoms with van der Waals surface area (Å²) in [7, 11) is 1.62. The van der Waals surface area contributed by atoms with Crippen LogP contribution in [0.4, 0.5) is 0 Å². The van der Waals surface area contributed by atoms with Gasteiger partial charge in [0.05, 0.1) is 12.2 Å². The minimum absolute atomic E-state index is 0.218. The van der Waals surface area contributed by atoms with Crippen molar-refractivity contribution in [2.45, 2.75) is 6.92 Å². The molecular formula is C22H21NO6. The third kappa shape index (κ3) is 5.52. The molecule has 29 heavy (non-hydrogen) atoms. The van der Waals surface area contributed by atoms with E-state index in [0.717, 1.165) is 11.3 Å². The van der Waals surface area contributed by atoms with E-state index in [1.807, 2.05) is 24.3 Å². The monoisotopic (exact) mass is 395 g/mol. The van der Waals surface area contributed by atoms with Crippen LogP contribution in [-0.4, -0.2) is 43.8 Å². The number of aromatic nitrogens is 1. The van der Waals surface area contributed by atoms with Gasteiger partial charge in [0.2, 0.25) is 0 Å². The number of ketones is 1. The third-order valence-corrected chi connectivity index (χ3v) is 4.01. The lowest BCUT2D eigenvalue weighted by atomic mass is 10.1. The number of Topliss-reactive ketones (excluding diaryl/α,β-unsaturated/α-hetero) is 1. The van der Waals surface area contributed by atoms with Gasteiger partial charge in [-0.25, -0.2) is 4.79 Å². The Morgan fingerprint density at radius 2 is 1.79 bits per heavy atom. The van der Waals surface area contributed by atoms with Crippen molar-refractivity contribution in [3.8, 4) is 28.3 Å². The zero-order valence-corrected chi connectivity index (χ0v) is 16.2. The first-order valence-corrected chi connectivity index (χ1v) is 9.02.